The Hall–Kier alpha value is -1.46. The Morgan fingerprint density at radius 1 is 1.25 bits per heavy atom. The summed E-state index contributed by atoms with van der Waals surface area (Å²) in [7, 11) is 1.65. The first-order chi connectivity index (χ1) is 9.70. The molecule has 2 aliphatic heterocycles. The molecule has 0 unspecified atom stereocenters. The fraction of sp³-hybridized carbons (Fsp3) is 0.600. The normalized spacial score (nSPS) is 19.3. The summed E-state index contributed by atoms with van der Waals surface area (Å²) in [5.41, 5.74) is 1.41. The third kappa shape index (κ3) is 2.69. The van der Waals surface area contributed by atoms with Crippen molar-refractivity contribution in [1.29, 1.82) is 0 Å². The van der Waals surface area contributed by atoms with E-state index in [1.54, 1.807) is 7.11 Å². The first-order valence-corrected chi connectivity index (χ1v) is 6.95. The summed E-state index contributed by atoms with van der Waals surface area (Å²) in [5.74, 6) is 2.21. The summed E-state index contributed by atoms with van der Waals surface area (Å²) >= 11 is 0. The van der Waals surface area contributed by atoms with E-state index in [1.807, 2.05) is 12.1 Å². The summed E-state index contributed by atoms with van der Waals surface area (Å²) in [6.07, 6.45) is 0. The number of hydrogen-bond donors (Lipinski definition) is 1. The van der Waals surface area contributed by atoms with E-state index in [0.29, 0.717) is 19.0 Å². The molecule has 3 rings (SSSR count). The molecule has 20 heavy (non-hydrogen) atoms. The van der Waals surface area contributed by atoms with Crippen molar-refractivity contribution in [2.24, 2.45) is 5.41 Å². The Morgan fingerprint density at radius 2 is 2.05 bits per heavy atom. The van der Waals surface area contributed by atoms with Gasteiger partial charge in [0.2, 0.25) is 5.75 Å². The minimum Gasteiger partial charge on any atom is -0.493 e. The van der Waals surface area contributed by atoms with Crippen LogP contribution in [-0.4, -0.2) is 40.1 Å². The average molecular weight is 279 g/mol. The molecule has 0 bridgehead atoms. The lowest BCUT2D eigenvalue weighted by Gasteiger charge is -2.38. The number of nitrogens with one attached hydrogen (secondary N) is 1. The van der Waals surface area contributed by atoms with E-state index >= 15 is 0 Å². The monoisotopic (exact) mass is 279 g/mol. The standard InChI is InChI=1S/C15H21NO4/c1-15(9-18-10-15)8-16-7-11-5-12(17-2)14-13(6-11)19-3-4-20-14/h5-6,16H,3-4,7-10H2,1-2H3. The van der Waals surface area contributed by atoms with Crippen molar-refractivity contribution in [2.75, 3.05) is 40.1 Å². The van der Waals surface area contributed by atoms with Crippen LogP contribution in [-0.2, 0) is 11.3 Å². The van der Waals surface area contributed by atoms with E-state index < -0.39 is 0 Å². The highest BCUT2D eigenvalue weighted by Gasteiger charge is 2.32. The van der Waals surface area contributed by atoms with Crippen molar-refractivity contribution < 1.29 is 18.9 Å². The lowest BCUT2D eigenvalue weighted by atomic mass is 9.89. The molecule has 110 valence electrons. The van der Waals surface area contributed by atoms with Gasteiger partial charge in [-0.25, -0.2) is 0 Å². The molecular weight excluding hydrogens is 258 g/mol. The summed E-state index contributed by atoms with van der Waals surface area (Å²) in [6, 6.07) is 4.02. The van der Waals surface area contributed by atoms with Crippen LogP contribution in [0.3, 0.4) is 0 Å². The maximum Gasteiger partial charge on any atom is 0.203 e. The zero-order chi connectivity index (χ0) is 14.0. The number of ether oxygens (including phenoxy) is 4. The molecule has 0 amide bonds. The van der Waals surface area contributed by atoms with E-state index in [1.165, 1.54) is 0 Å². The predicted molar refractivity (Wildman–Crippen MR) is 74.6 cm³/mol. The summed E-state index contributed by atoms with van der Waals surface area (Å²) in [4.78, 5) is 0. The van der Waals surface area contributed by atoms with E-state index in [2.05, 4.69) is 12.2 Å². The molecule has 1 N–H and O–H groups in total. The van der Waals surface area contributed by atoms with Gasteiger partial charge >= 0.3 is 0 Å². The molecule has 0 aromatic heterocycles. The smallest absolute Gasteiger partial charge is 0.203 e. The lowest BCUT2D eigenvalue weighted by Crippen LogP contribution is -2.47. The van der Waals surface area contributed by atoms with E-state index in [0.717, 1.165) is 43.4 Å². The molecule has 5 nitrogen and oxygen atoms in total. The van der Waals surface area contributed by atoms with Crippen LogP contribution in [0, 0.1) is 5.41 Å². The van der Waals surface area contributed by atoms with Gasteiger partial charge < -0.3 is 24.3 Å². The predicted octanol–water partition coefficient (Wildman–Crippen LogP) is 1.59. The largest absolute Gasteiger partial charge is 0.493 e. The molecular formula is C15H21NO4. The molecule has 0 aliphatic carbocycles. The van der Waals surface area contributed by atoms with Crippen LogP contribution in [0.1, 0.15) is 12.5 Å². The van der Waals surface area contributed by atoms with Crippen molar-refractivity contribution in [2.45, 2.75) is 13.5 Å². The van der Waals surface area contributed by atoms with Crippen LogP contribution < -0.4 is 19.5 Å². The quantitative estimate of drug-likeness (QED) is 0.887. The molecule has 0 spiro atoms. The molecule has 2 heterocycles. The second kappa shape index (κ2) is 5.50. The van der Waals surface area contributed by atoms with E-state index in [-0.39, 0.29) is 5.41 Å². The van der Waals surface area contributed by atoms with Crippen molar-refractivity contribution in [3.8, 4) is 17.2 Å². The fourth-order valence-electron chi connectivity index (χ4n) is 2.49. The van der Waals surface area contributed by atoms with Gasteiger partial charge in [0.05, 0.1) is 20.3 Å². The number of benzene rings is 1. The second-order valence-corrected chi connectivity index (χ2v) is 5.73. The van der Waals surface area contributed by atoms with Gasteiger partial charge in [0.25, 0.3) is 0 Å². The zero-order valence-electron chi connectivity index (χ0n) is 12.0. The molecule has 5 heteroatoms. The van der Waals surface area contributed by atoms with Crippen LogP contribution in [0.25, 0.3) is 0 Å². The third-order valence-corrected chi connectivity index (χ3v) is 3.67. The Bertz CT molecular complexity index is 468. The molecule has 1 fully saturated rings. The van der Waals surface area contributed by atoms with Crippen molar-refractivity contribution in [1.82, 2.24) is 5.32 Å². The molecule has 1 saturated heterocycles. The SMILES string of the molecule is COc1cc(CNCC2(C)COC2)cc2c1OCCO2. The highest BCUT2D eigenvalue weighted by Crippen LogP contribution is 2.40. The van der Waals surface area contributed by atoms with Gasteiger partial charge in [-0.2, -0.15) is 0 Å². The van der Waals surface area contributed by atoms with Gasteiger partial charge in [0.15, 0.2) is 11.5 Å². The molecule has 1 aromatic carbocycles. The number of methoxy groups -OCH3 is 1. The van der Waals surface area contributed by atoms with Crippen LogP contribution in [0.2, 0.25) is 0 Å². The minimum absolute atomic E-state index is 0.276. The zero-order valence-corrected chi connectivity index (χ0v) is 12.0. The molecule has 0 radical (unpaired) electrons. The number of fused-ring (bicyclic) bond motifs is 1. The Kier molecular flexibility index (Phi) is 3.72. The lowest BCUT2D eigenvalue weighted by molar-refractivity contribution is -0.0991. The Balaban J connectivity index is 1.66. The summed E-state index contributed by atoms with van der Waals surface area (Å²) < 4.78 is 21.9. The summed E-state index contributed by atoms with van der Waals surface area (Å²) in [5, 5.41) is 3.47. The maximum atomic E-state index is 5.63. The Morgan fingerprint density at radius 3 is 2.75 bits per heavy atom. The maximum absolute atomic E-state index is 5.63. The molecule has 1 aromatic rings. The summed E-state index contributed by atoms with van der Waals surface area (Å²) in [6.45, 7) is 6.79. The first-order valence-electron chi connectivity index (χ1n) is 6.95. The van der Waals surface area contributed by atoms with Crippen molar-refractivity contribution >= 4 is 0 Å². The first kappa shape index (κ1) is 13.5. The van der Waals surface area contributed by atoms with Crippen LogP contribution in [0.4, 0.5) is 0 Å². The third-order valence-electron chi connectivity index (χ3n) is 3.67. The minimum atomic E-state index is 0.276. The molecule has 0 atom stereocenters. The van der Waals surface area contributed by atoms with Gasteiger partial charge in [-0.1, -0.05) is 6.92 Å². The van der Waals surface area contributed by atoms with Crippen LogP contribution >= 0.6 is 0 Å². The molecule has 2 aliphatic rings. The van der Waals surface area contributed by atoms with Crippen LogP contribution in [0.15, 0.2) is 12.1 Å². The van der Waals surface area contributed by atoms with E-state index in [9.17, 15) is 0 Å². The number of rotatable bonds is 5. The topological polar surface area (TPSA) is 49.0 Å². The van der Waals surface area contributed by atoms with Gasteiger partial charge in [-0.3, -0.25) is 0 Å². The van der Waals surface area contributed by atoms with E-state index in [4.69, 9.17) is 18.9 Å². The van der Waals surface area contributed by atoms with Gasteiger partial charge in [0.1, 0.15) is 13.2 Å². The average Bonchev–Trinajstić information content (AvgIpc) is 2.44. The molecule has 0 saturated carbocycles. The number of hydrogen-bond acceptors (Lipinski definition) is 5. The van der Waals surface area contributed by atoms with Gasteiger partial charge in [-0.05, 0) is 17.7 Å². The highest BCUT2D eigenvalue weighted by atomic mass is 16.6. The van der Waals surface area contributed by atoms with Gasteiger partial charge in [-0.15, -0.1) is 0 Å². The fourth-order valence-corrected chi connectivity index (χ4v) is 2.49. The van der Waals surface area contributed by atoms with Crippen LogP contribution in [0.5, 0.6) is 17.2 Å². The van der Waals surface area contributed by atoms with Crippen molar-refractivity contribution in [3.63, 3.8) is 0 Å². The Labute approximate surface area is 119 Å². The van der Waals surface area contributed by atoms with Crippen molar-refractivity contribution in [3.05, 3.63) is 17.7 Å². The van der Waals surface area contributed by atoms with Gasteiger partial charge in [0, 0.05) is 18.5 Å². The second-order valence-electron chi connectivity index (χ2n) is 5.73. The highest BCUT2D eigenvalue weighted by molar-refractivity contribution is 5.54.